The number of nitrogens with zero attached hydrogens (tertiary/aromatic N) is 2. The number of hydrogen-bond acceptors (Lipinski definition) is 4. The molecule has 90 valence electrons. The van der Waals surface area contributed by atoms with Gasteiger partial charge in [-0.15, -0.1) is 0 Å². The second kappa shape index (κ2) is 4.97. The van der Waals surface area contributed by atoms with Crippen LogP contribution in [0, 0.1) is 5.92 Å². The Morgan fingerprint density at radius 1 is 1.69 bits per heavy atom. The van der Waals surface area contributed by atoms with Gasteiger partial charge in [0.15, 0.2) is 5.89 Å². The highest BCUT2D eigenvalue weighted by Crippen LogP contribution is 2.21. The third-order valence-electron chi connectivity index (χ3n) is 3.28. The Kier molecular flexibility index (Phi) is 3.61. The maximum atomic E-state index is 9.35. The molecule has 1 aromatic rings. The molecule has 0 spiro atoms. The maximum absolute atomic E-state index is 9.35. The quantitative estimate of drug-likeness (QED) is 0.844. The zero-order chi connectivity index (χ0) is 11.5. The predicted octanol–water partition coefficient (Wildman–Crippen LogP) is 1.61. The highest BCUT2D eigenvalue weighted by molar-refractivity contribution is 5.00. The molecular formula is C12H20N2O2. The summed E-state index contributed by atoms with van der Waals surface area (Å²) < 4.78 is 5.37. The van der Waals surface area contributed by atoms with Crippen molar-refractivity contribution in [3.63, 3.8) is 0 Å². The van der Waals surface area contributed by atoms with Crippen LogP contribution in [0.2, 0.25) is 0 Å². The van der Waals surface area contributed by atoms with Crippen LogP contribution in [0.3, 0.4) is 0 Å². The predicted molar refractivity (Wildman–Crippen MR) is 61.1 cm³/mol. The molecule has 2 heterocycles. The lowest BCUT2D eigenvalue weighted by atomic mass is 10.1. The molecule has 4 heteroatoms. The first-order chi connectivity index (χ1) is 7.69. The van der Waals surface area contributed by atoms with E-state index < -0.39 is 6.10 Å². The van der Waals surface area contributed by atoms with E-state index in [1.807, 2.05) is 0 Å². The molecule has 0 amide bonds. The third-order valence-corrected chi connectivity index (χ3v) is 3.28. The van der Waals surface area contributed by atoms with Gasteiger partial charge in [0.2, 0.25) is 0 Å². The number of rotatable bonds is 4. The molecule has 16 heavy (non-hydrogen) atoms. The van der Waals surface area contributed by atoms with Crippen molar-refractivity contribution < 1.29 is 9.52 Å². The first kappa shape index (κ1) is 11.6. The summed E-state index contributed by atoms with van der Waals surface area (Å²) in [4.78, 5) is 6.74. The van der Waals surface area contributed by atoms with Crippen LogP contribution < -0.4 is 0 Å². The second-order valence-corrected chi connectivity index (χ2v) is 4.59. The van der Waals surface area contributed by atoms with Gasteiger partial charge in [0.1, 0.15) is 12.0 Å². The smallest absolute Gasteiger partial charge is 0.194 e. The molecule has 0 aromatic carbocycles. The molecule has 1 aliphatic rings. The SMILES string of the molecule is CCN1CCC(Cc2nc(C(C)O)co2)C1. The number of likely N-dealkylation sites (tertiary alicyclic amines) is 1. The Labute approximate surface area is 96.3 Å². The van der Waals surface area contributed by atoms with E-state index in [0.717, 1.165) is 25.4 Å². The van der Waals surface area contributed by atoms with Gasteiger partial charge in [-0.1, -0.05) is 6.92 Å². The molecule has 0 aliphatic carbocycles. The third kappa shape index (κ3) is 2.62. The van der Waals surface area contributed by atoms with Crippen molar-refractivity contribution in [2.45, 2.75) is 32.8 Å². The molecule has 1 fully saturated rings. The molecule has 2 atom stereocenters. The first-order valence-corrected chi connectivity index (χ1v) is 6.03. The topological polar surface area (TPSA) is 49.5 Å². The average Bonchev–Trinajstić information content (AvgIpc) is 2.87. The fraction of sp³-hybridized carbons (Fsp3) is 0.750. The fourth-order valence-electron chi connectivity index (χ4n) is 2.22. The summed E-state index contributed by atoms with van der Waals surface area (Å²) in [7, 11) is 0. The van der Waals surface area contributed by atoms with Crippen molar-refractivity contribution in [2.75, 3.05) is 19.6 Å². The van der Waals surface area contributed by atoms with Gasteiger partial charge in [-0.05, 0) is 32.4 Å². The molecule has 2 unspecified atom stereocenters. The summed E-state index contributed by atoms with van der Waals surface area (Å²) in [5.41, 5.74) is 0.639. The standard InChI is InChI=1S/C12H20N2O2/c1-3-14-5-4-10(7-14)6-12-13-11(8-16-12)9(2)15/h8-10,15H,3-7H2,1-2H3. The van der Waals surface area contributed by atoms with Crippen molar-refractivity contribution in [3.8, 4) is 0 Å². The highest BCUT2D eigenvalue weighted by Gasteiger charge is 2.23. The van der Waals surface area contributed by atoms with Gasteiger partial charge in [0.25, 0.3) is 0 Å². The molecule has 0 saturated carbocycles. The Bertz CT molecular complexity index is 336. The van der Waals surface area contributed by atoms with Gasteiger partial charge in [0, 0.05) is 13.0 Å². The van der Waals surface area contributed by atoms with Crippen LogP contribution in [0.15, 0.2) is 10.7 Å². The molecular weight excluding hydrogens is 204 g/mol. The summed E-state index contributed by atoms with van der Waals surface area (Å²) in [6, 6.07) is 0. The van der Waals surface area contributed by atoms with E-state index in [-0.39, 0.29) is 0 Å². The van der Waals surface area contributed by atoms with E-state index in [0.29, 0.717) is 11.6 Å². The van der Waals surface area contributed by atoms with Gasteiger partial charge in [-0.3, -0.25) is 0 Å². The summed E-state index contributed by atoms with van der Waals surface area (Å²) >= 11 is 0. The van der Waals surface area contributed by atoms with E-state index in [1.165, 1.54) is 13.0 Å². The number of aromatic nitrogens is 1. The number of aliphatic hydroxyl groups is 1. The maximum Gasteiger partial charge on any atom is 0.194 e. The molecule has 1 aromatic heterocycles. The lowest BCUT2D eigenvalue weighted by Crippen LogP contribution is -2.20. The zero-order valence-corrected chi connectivity index (χ0v) is 10.0. The van der Waals surface area contributed by atoms with Gasteiger partial charge in [-0.2, -0.15) is 0 Å². The lowest BCUT2D eigenvalue weighted by Gasteiger charge is -2.11. The Morgan fingerprint density at radius 2 is 2.50 bits per heavy atom. The fourth-order valence-corrected chi connectivity index (χ4v) is 2.22. The van der Waals surface area contributed by atoms with E-state index in [9.17, 15) is 5.11 Å². The van der Waals surface area contributed by atoms with Crippen LogP contribution in [-0.4, -0.2) is 34.6 Å². The molecule has 1 saturated heterocycles. The van der Waals surface area contributed by atoms with Crippen molar-refractivity contribution >= 4 is 0 Å². The highest BCUT2D eigenvalue weighted by atomic mass is 16.3. The van der Waals surface area contributed by atoms with Crippen molar-refractivity contribution in [2.24, 2.45) is 5.92 Å². The van der Waals surface area contributed by atoms with Crippen LogP contribution in [0.4, 0.5) is 0 Å². The van der Waals surface area contributed by atoms with Crippen molar-refractivity contribution in [1.29, 1.82) is 0 Å². The van der Waals surface area contributed by atoms with Gasteiger partial charge < -0.3 is 14.4 Å². The van der Waals surface area contributed by atoms with E-state index in [4.69, 9.17) is 4.42 Å². The Morgan fingerprint density at radius 3 is 3.06 bits per heavy atom. The minimum atomic E-state index is -0.534. The molecule has 1 aliphatic heterocycles. The van der Waals surface area contributed by atoms with Gasteiger partial charge >= 0.3 is 0 Å². The van der Waals surface area contributed by atoms with Crippen LogP contribution in [0.1, 0.15) is 38.0 Å². The van der Waals surface area contributed by atoms with E-state index in [2.05, 4.69) is 16.8 Å². The average molecular weight is 224 g/mol. The lowest BCUT2D eigenvalue weighted by molar-refractivity contribution is 0.194. The summed E-state index contributed by atoms with van der Waals surface area (Å²) in [6.45, 7) is 7.35. The van der Waals surface area contributed by atoms with Crippen molar-refractivity contribution in [3.05, 3.63) is 17.8 Å². The minimum Gasteiger partial charge on any atom is -0.449 e. The summed E-state index contributed by atoms with van der Waals surface area (Å²) in [5, 5.41) is 9.35. The Balaban J connectivity index is 1.89. The molecule has 1 N–H and O–H groups in total. The summed E-state index contributed by atoms with van der Waals surface area (Å²) in [5.74, 6) is 1.42. The van der Waals surface area contributed by atoms with Crippen molar-refractivity contribution in [1.82, 2.24) is 9.88 Å². The van der Waals surface area contributed by atoms with Crippen LogP contribution >= 0.6 is 0 Å². The molecule has 0 radical (unpaired) electrons. The van der Waals surface area contributed by atoms with Crippen LogP contribution in [0.5, 0.6) is 0 Å². The van der Waals surface area contributed by atoms with E-state index in [1.54, 1.807) is 13.2 Å². The molecule has 2 rings (SSSR count). The van der Waals surface area contributed by atoms with E-state index >= 15 is 0 Å². The largest absolute Gasteiger partial charge is 0.449 e. The normalized spacial score (nSPS) is 23.8. The molecule has 0 bridgehead atoms. The second-order valence-electron chi connectivity index (χ2n) is 4.59. The zero-order valence-electron chi connectivity index (χ0n) is 10.0. The number of aliphatic hydroxyl groups excluding tert-OH is 1. The molecule has 4 nitrogen and oxygen atoms in total. The van der Waals surface area contributed by atoms with Gasteiger partial charge in [0.05, 0.1) is 6.10 Å². The monoisotopic (exact) mass is 224 g/mol. The first-order valence-electron chi connectivity index (χ1n) is 6.03. The minimum absolute atomic E-state index is 0.534. The number of hydrogen-bond donors (Lipinski definition) is 1. The summed E-state index contributed by atoms with van der Waals surface area (Å²) in [6.07, 6.45) is 3.14. The number of oxazole rings is 1. The van der Waals surface area contributed by atoms with Gasteiger partial charge in [-0.25, -0.2) is 4.98 Å². The van der Waals surface area contributed by atoms with Crippen LogP contribution in [0.25, 0.3) is 0 Å². The van der Waals surface area contributed by atoms with Crippen LogP contribution in [-0.2, 0) is 6.42 Å². The Hall–Kier alpha value is -0.870.